The highest BCUT2D eigenvalue weighted by Gasteiger charge is 2.47. The van der Waals surface area contributed by atoms with Gasteiger partial charge in [0.15, 0.2) is 0 Å². The van der Waals surface area contributed by atoms with Crippen molar-refractivity contribution in [2.24, 2.45) is 5.92 Å². The van der Waals surface area contributed by atoms with Crippen molar-refractivity contribution < 1.29 is 0 Å². The topological polar surface area (TPSA) is 6.48 Å². The average molecular weight is 208 g/mol. The predicted octanol–water partition coefficient (Wildman–Crippen LogP) is 1.95. The SMILES string of the molecule is CC(C)(C)N1C[C@@H]2C[C@H]1CN2CC1CC1. The van der Waals surface area contributed by atoms with Gasteiger partial charge >= 0.3 is 0 Å². The molecule has 0 aromatic rings. The van der Waals surface area contributed by atoms with Crippen molar-refractivity contribution in [1.29, 1.82) is 0 Å². The Kier molecular flexibility index (Phi) is 2.16. The van der Waals surface area contributed by atoms with E-state index in [1.54, 1.807) is 0 Å². The lowest BCUT2D eigenvalue weighted by atomic mass is 10.0. The molecule has 3 aliphatic rings. The Balaban J connectivity index is 1.61. The van der Waals surface area contributed by atoms with Gasteiger partial charge in [0.1, 0.15) is 0 Å². The third kappa shape index (κ3) is 1.83. The van der Waals surface area contributed by atoms with Gasteiger partial charge in [-0.2, -0.15) is 0 Å². The molecule has 86 valence electrons. The molecular weight excluding hydrogens is 184 g/mol. The summed E-state index contributed by atoms with van der Waals surface area (Å²) in [7, 11) is 0. The monoisotopic (exact) mass is 208 g/mol. The molecule has 1 saturated carbocycles. The predicted molar refractivity (Wildman–Crippen MR) is 62.9 cm³/mol. The highest BCUT2D eigenvalue weighted by molar-refractivity contribution is 5.03. The van der Waals surface area contributed by atoms with Crippen molar-refractivity contribution >= 4 is 0 Å². The number of hydrogen-bond acceptors (Lipinski definition) is 2. The van der Waals surface area contributed by atoms with E-state index in [0.29, 0.717) is 5.54 Å². The van der Waals surface area contributed by atoms with Crippen LogP contribution in [0.4, 0.5) is 0 Å². The average Bonchev–Trinajstić information content (AvgIpc) is 2.73. The van der Waals surface area contributed by atoms with E-state index < -0.39 is 0 Å². The van der Waals surface area contributed by atoms with Gasteiger partial charge in [-0.15, -0.1) is 0 Å². The van der Waals surface area contributed by atoms with E-state index in [1.165, 1.54) is 38.9 Å². The molecule has 2 aliphatic heterocycles. The lowest BCUT2D eigenvalue weighted by molar-refractivity contribution is 0.0557. The molecule has 0 amide bonds. The van der Waals surface area contributed by atoms with Crippen LogP contribution in [0.25, 0.3) is 0 Å². The van der Waals surface area contributed by atoms with Crippen LogP contribution in [0.3, 0.4) is 0 Å². The van der Waals surface area contributed by atoms with E-state index in [2.05, 4.69) is 30.6 Å². The molecule has 0 N–H and O–H groups in total. The number of hydrogen-bond donors (Lipinski definition) is 0. The molecule has 3 rings (SSSR count). The number of piperazine rings is 1. The summed E-state index contributed by atoms with van der Waals surface area (Å²) in [6.45, 7) is 11.1. The highest BCUT2D eigenvalue weighted by atomic mass is 15.4. The van der Waals surface area contributed by atoms with E-state index in [4.69, 9.17) is 0 Å². The standard InChI is InChI=1S/C13H24N2/c1-13(2,3)15-9-11-6-12(15)8-14(11)7-10-4-5-10/h10-12H,4-9H2,1-3H3/t11-,12-/m0/s1. The summed E-state index contributed by atoms with van der Waals surface area (Å²) < 4.78 is 0. The second-order valence-corrected chi connectivity index (χ2v) is 6.76. The number of rotatable bonds is 2. The normalized spacial score (nSPS) is 37.8. The smallest absolute Gasteiger partial charge is 0.0244 e. The van der Waals surface area contributed by atoms with Crippen LogP contribution in [-0.2, 0) is 0 Å². The summed E-state index contributed by atoms with van der Waals surface area (Å²) in [5, 5.41) is 0. The molecule has 2 bridgehead atoms. The van der Waals surface area contributed by atoms with Crippen molar-refractivity contribution in [2.75, 3.05) is 19.6 Å². The Morgan fingerprint density at radius 1 is 1.07 bits per heavy atom. The Morgan fingerprint density at radius 3 is 2.27 bits per heavy atom. The summed E-state index contributed by atoms with van der Waals surface area (Å²) in [5.41, 5.74) is 0.380. The van der Waals surface area contributed by atoms with Crippen molar-refractivity contribution in [2.45, 2.75) is 57.7 Å². The number of fused-ring (bicyclic) bond motifs is 2. The minimum Gasteiger partial charge on any atom is -0.297 e. The third-order valence-electron chi connectivity index (χ3n) is 4.41. The lowest BCUT2D eigenvalue weighted by Crippen LogP contribution is -2.53. The van der Waals surface area contributed by atoms with Crippen LogP contribution >= 0.6 is 0 Å². The Labute approximate surface area is 93.6 Å². The van der Waals surface area contributed by atoms with Crippen molar-refractivity contribution in [3.63, 3.8) is 0 Å². The van der Waals surface area contributed by atoms with Gasteiger partial charge in [0.25, 0.3) is 0 Å². The van der Waals surface area contributed by atoms with Crippen LogP contribution in [0.5, 0.6) is 0 Å². The van der Waals surface area contributed by atoms with Crippen LogP contribution in [0.1, 0.15) is 40.0 Å². The van der Waals surface area contributed by atoms with Gasteiger partial charge in [-0.25, -0.2) is 0 Å². The maximum Gasteiger partial charge on any atom is 0.0244 e. The molecule has 1 aliphatic carbocycles. The van der Waals surface area contributed by atoms with Crippen molar-refractivity contribution in [3.8, 4) is 0 Å². The van der Waals surface area contributed by atoms with Crippen LogP contribution in [0.2, 0.25) is 0 Å². The molecule has 0 unspecified atom stereocenters. The fraction of sp³-hybridized carbons (Fsp3) is 1.00. The van der Waals surface area contributed by atoms with Crippen molar-refractivity contribution in [3.05, 3.63) is 0 Å². The molecule has 2 nitrogen and oxygen atoms in total. The minimum atomic E-state index is 0.380. The Morgan fingerprint density at radius 2 is 1.80 bits per heavy atom. The number of likely N-dealkylation sites (tertiary alicyclic amines) is 2. The minimum absolute atomic E-state index is 0.380. The van der Waals surface area contributed by atoms with E-state index >= 15 is 0 Å². The summed E-state index contributed by atoms with van der Waals surface area (Å²) in [5.74, 6) is 1.06. The van der Waals surface area contributed by atoms with E-state index in [1.807, 2.05) is 0 Å². The van der Waals surface area contributed by atoms with Crippen LogP contribution < -0.4 is 0 Å². The summed E-state index contributed by atoms with van der Waals surface area (Å²) in [6, 6.07) is 1.74. The molecule has 0 aromatic heterocycles. The fourth-order valence-electron chi connectivity index (χ4n) is 3.43. The lowest BCUT2D eigenvalue weighted by Gasteiger charge is -2.42. The second kappa shape index (κ2) is 3.21. The zero-order valence-electron chi connectivity index (χ0n) is 10.4. The van der Waals surface area contributed by atoms with Gasteiger partial charge in [0, 0.05) is 37.3 Å². The Hall–Kier alpha value is -0.0800. The van der Waals surface area contributed by atoms with Crippen LogP contribution in [-0.4, -0.2) is 47.1 Å². The molecule has 2 heterocycles. The largest absolute Gasteiger partial charge is 0.297 e. The summed E-state index contributed by atoms with van der Waals surface area (Å²) in [4.78, 5) is 5.49. The highest BCUT2D eigenvalue weighted by Crippen LogP contribution is 2.38. The van der Waals surface area contributed by atoms with Crippen molar-refractivity contribution in [1.82, 2.24) is 9.80 Å². The van der Waals surface area contributed by atoms with Gasteiger partial charge in [-0.1, -0.05) is 0 Å². The molecule has 15 heavy (non-hydrogen) atoms. The zero-order chi connectivity index (χ0) is 10.6. The first-order valence-electron chi connectivity index (χ1n) is 6.55. The fourth-order valence-corrected chi connectivity index (χ4v) is 3.43. The van der Waals surface area contributed by atoms with Gasteiger partial charge in [-0.05, 0) is 46.0 Å². The molecule has 0 radical (unpaired) electrons. The summed E-state index contributed by atoms with van der Waals surface area (Å²) in [6.07, 6.45) is 4.43. The molecule has 3 fully saturated rings. The van der Waals surface area contributed by atoms with Gasteiger partial charge in [-0.3, -0.25) is 9.80 Å². The number of nitrogens with zero attached hydrogens (tertiary/aromatic N) is 2. The van der Waals surface area contributed by atoms with E-state index in [9.17, 15) is 0 Å². The van der Waals surface area contributed by atoms with Gasteiger partial charge in [0.2, 0.25) is 0 Å². The molecule has 2 heteroatoms. The zero-order valence-corrected chi connectivity index (χ0v) is 10.4. The quantitative estimate of drug-likeness (QED) is 0.684. The first-order valence-corrected chi connectivity index (χ1v) is 6.55. The maximum absolute atomic E-state index is 2.77. The van der Waals surface area contributed by atoms with Gasteiger partial charge in [0.05, 0.1) is 0 Å². The molecule has 0 aromatic carbocycles. The first-order chi connectivity index (χ1) is 7.04. The van der Waals surface area contributed by atoms with Crippen LogP contribution in [0.15, 0.2) is 0 Å². The molecule has 2 saturated heterocycles. The molecule has 0 spiro atoms. The Bertz CT molecular complexity index is 252. The van der Waals surface area contributed by atoms with E-state index in [0.717, 1.165) is 18.0 Å². The summed E-state index contributed by atoms with van der Waals surface area (Å²) >= 11 is 0. The third-order valence-corrected chi connectivity index (χ3v) is 4.41. The van der Waals surface area contributed by atoms with Gasteiger partial charge < -0.3 is 0 Å². The van der Waals surface area contributed by atoms with E-state index in [-0.39, 0.29) is 0 Å². The molecule has 2 atom stereocenters. The molecular formula is C13H24N2. The maximum atomic E-state index is 2.77. The van der Waals surface area contributed by atoms with Crippen LogP contribution in [0, 0.1) is 5.92 Å². The second-order valence-electron chi connectivity index (χ2n) is 6.76. The first kappa shape index (κ1) is 10.1.